The lowest BCUT2D eigenvalue weighted by molar-refractivity contribution is -0.121. The molecule has 0 aliphatic carbocycles. The van der Waals surface area contributed by atoms with E-state index in [0.29, 0.717) is 31.0 Å². The molecule has 0 aliphatic heterocycles. The van der Waals surface area contributed by atoms with Gasteiger partial charge in [-0.3, -0.25) is 9.78 Å². The average molecular weight is 328 g/mol. The van der Waals surface area contributed by atoms with Crippen LogP contribution in [0.15, 0.2) is 48.8 Å². The van der Waals surface area contributed by atoms with E-state index in [-0.39, 0.29) is 11.9 Å². The van der Waals surface area contributed by atoms with Crippen LogP contribution in [0.4, 0.5) is 10.5 Å². The lowest BCUT2D eigenvalue weighted by Gasteiger charge is -2.09. The van der Waals surface area contributed by atoms with Gasteiger partial charge in [-0.25, -0.2) is 4.79 Å². The van der Waals surface area contributed by atoms with E-state index in [1.54, 1.807) is 43.7 Å². The molecule has 2 rings (SSSR count). The molecular weight excluding hydrogens is 308 g/mol. The molecule has 0 aliphatic rings. The Morgan fingerprint density at radius 1 is 1.17 bits per heavy atom. The molecule has 0 fully saturated rings. The number of ether oxygens (including phenoxy) is 1. The van der Waals surface area contributed by atoms with Gasteiger partial charge in [-0.15, -0.1) is 0 Å². The van der Waals surface area contributed by atoms with Crippen molar-refractivity contribution < 1.29 is 14.3 Å². The van der Waals surface area contributed by atoms with Crippen LogP contribution < -0.4 is 20.7 Å². The van der Waals surface area contributed by atoms with Crippen LogP contribution in [-0.2, 0) is 11.3 Å². The van der Waals surface area contributed by atoms with E-state index in [0.717, 1.165) is 5.56 Å². The number of rotatable bonds is 7. The summed E-state index contributed by atoms with van der Waals surface area (Å²) >= 11 is 0. The third-order valence-corrected chi connectivity index (χ3v) is 3.16. The Hall–Kier alpha value is -3.09. The SMILES string of the molecule is CNC(=O)CCOc1ccc(NC(=O)NCc2cccnc2)cc1. The van der Waals surface area contributed by atoms with E-state index >= 15 is 0 Å². The standard InChI is InChI=1S/C17H20N4O3/c1-18-16(22)8-10-24-15-6-4-14(5-7-15)21-17(23)20-12-13-3-2-9-19-11-13/h2-7,9,11H,8,10,12H2,1H3,(H,18,22)(H2,20,21,23). The summed E-state index contributed by atoms with van der Waals surface area (Å²) in [6.07, 6.45) is 3.68. The molecule has 1 aromatic heterocycles. The predicted molar refractivity (Wildman–Crippen MR) is 90.7 cm³/mol. The molecule has 3 amide bonds. The van der Waals surface area contributed by atoms with Crippen molar-refractivity contribution in [2.75, 3.05) is 19.0 Å². The second-order valence-electron chi connectivity index (χ2n) is 4.96. The third-order valence-electron chi connectivity index (χ3n) is 3.16. The fourth-order valence-corrected chi connectivity index (χ4v) is 1.88. The highest BCUT2D eigenvalue weighted by Crippen LogP contribution is 2.15. The maximum atomic E-state index is 11.8. The third kappa shape index (κ3) is 5.96. The topological polar surface area (TPSA) is 92.4 Å². The zero-order valence-corrected chi connectivity index (χ0v) is 13.4. The summed E-state index contributed by atoms with van der Waals surface area (Å²) in [7, 11) is 1.59. The molecule has 7 heteroatoms. The van der Waals surface area contributed by atoms with Gasteiger partial charge in [0.2, 0.25) is 5.91 Å². The Balaban J connectivity index is 1.74. The van der Waals surface area contributed by atoms with Crippen LogP contribution in [0.5, 0.6) is 5.75 Å². The van der Waals surface area contributed by atoms with Crippen LogP contribution in [0, 0.1) is 0 Å². The van der Waals surface area contributed by atoms with Crippen molar-refractivity contribution in [3.05, 3.63) is 54.4 Å². The Labute approximate surface area is 140 Å². The van der Waals surface area contributed by atoms with Crippen molar-refractivity contribution in [1.29, 1.82) is 0 Å². The van der Waals surface area contributed by atoms with Gasteiger partial charge in [-0.1, -0.05) is 6.07 Å². The van der Waals surface area contributed by atoms with Crippen LogP contribution in [-0.4, -0.2) is 30.6 Å². The first-order valence-electron chi connectivity index (χ1n) is 7.54. The van der Waals surface area contributed by atoms with Crippen LogP contribution in [0.3, 0.4) is 0 Å². The number of aromatic nitrogens is 1. The molecule has 0 unspecified atom stereocenters. The smallest absolute Gasteiger partial charge is 0.319 e. The maximum absolute atomic E-state index is 11.8. The highest BCUT2D eigenvalue weighted by molar-refractivity contribution is 5.89. The van der Waals surface area contributed by atoms with E-state index < -0.39 is 0 Å². The van der Waals surface area contributed by atoms with Crippen LogP contribution in [0.2, 0.25) is 0 Å². The maximum Gasteiger partial charge on any atom is 0.319 e. The number of nitrogens with one attached hydrogen (secondary N) is 3. The van der Waals surface area contributed by atoms with E-state index in [2.05, 4.69) is 20.9 Å². The van der Waals surface area contributed by atoms with Crippen LogP contribution in [0.25, 0.3) is 0 Å². The Kier molecular flexibility index (Phi) is 6.58. The molecule has 2 aromatic rings. The first-order valence-corrected chi connectivity index (χ1v) is 7.54. The normalized spacial score (nSPS) is 9.88. The quantitative estimate of drug-likeness (QED) is 0.724. The van der Waals surface area contributed by atoms with E-state index in [9.17, 15) is 9.59 Å². The summed E-state index contributed by atoms with van der Waals surface area (Å²) in [5.74, 6) is 0.568. The number of amides is 3. The Morgan fingerprint density at radius 3 is 2.62 bits per heavy atom. The highest BCUT2D eigenvalue weighted by atomic mass is 16.5. The van der Waals surface area contributed by atoms with Crippen LogP contribution >= 0.6 is 0 Å². The minimum atomic E-state index is -0.299. The number of nitrogens with zero attached hydrogens (tertiary/aromatic N) is 1. The average Bonchev–Trinajstić information content (AvgIpc) is 2.62. The number of carbonyl (C=O) groups is 2. The molecule has 0 radical (unpaired) electrons. The summed E-state index contributed by atoms with van der Waals surface area (Å²) in [5, 5.41) is 8.01. The minimum absolute atomic E-state index is 0.0708. The Morgan fingerprint density at radius 2 is 1.96 bits per heavy atom. The number of urea groups is 1. The van der Waals surface area contributed by atoms with Gasteiger partial charge in [0.25, 0.3) is 0 Å². The second-order valence-corrected chi connectivity index (χ2v) is 4.96. The number of hydrogen-bond donors (Lipinski definition) is 3. The summed E-state index contributed by atoms with van der Waals surface area (Å²) in [4.78, 5) is 26.9. The van der Waals surface area contributed by atoms with Gasteiger partial charge in [-0.05, 0) is 35.9 Å². The highest BCUT2D eigenvalue weighted by Gasteiger charge is 2.03. The second kappa shape index (κ2) is 9.14. The number of anilines is 1. The van der Waals surface area contributed by atoms with Gasteiger partial charge in [0, 0.05) is 31.7 Å². The molecule has 7 nitrogen and oxygen atoms in total. The zero-order chi connectivity index (χ0) is 17.2. The van der Waals surface area contributed by atoms with Crippen molar-refractivity contribution in [1.82, 2.24) is 15.6 Å². The lowest BCUT2D eigenvalue weighted by Crippen LogP contribution is -2.28. The predicted octanol–water partition coefficient (Wildman–Crippen LogP) is 1.92. The molecule has 0 atom stereocenters. The number of pyridine rings is 1. The van der Waals surface area contributed by atoms with Crippen molar-refractivity contribution in [2.24, 2.45) is 0 Å². The summed E-state index contributed by atoms with van der Waals surface area (Å²) in [6, 6.07) is 10.3. The largest absolute Gasteiger partial charge is 0.493 e. The Bertz CT molecular complexity index is 659. The summed E-state index contributed by atoms with van der Waals surface area (Å²) in [6.45, 7) is 0.707. The van der Waals surface area contributed by atoms with E-state index in [1.165, 1.54) is 0 Å². The van der Waals surface area contributed by atoms with Gasteiger partial charge in [0.1, 0.15) is 5.75 Å². The van der Waals surface area contributed by atoms with E-state index in [1.807, 2.05) is 12.1 Å². The molecule has 0 saturated carbocycles. The van der Waals surface area contributed by atoms with Gasteiger partial charge >= 0.3 is 6.03 Å². The first-order chi connectivity index (χ1) is 11.7. The molecule has 0 spiro atoms. The molecule has 24 heavy (non-hydrogen) atoms. The van der Waals surface area contributed by atoms with Gasteiger partial charge in [0.05, 0.1) is 13.0 Å². The molecule has 126 valence electrons. The molecular formula is C17H20N4O3. The van der Waals surface area contributed by atoms with E-state index in [4.69, 9.17) is 4.74 Å². The molecule has 0 bridgehead atoms. The number of hydrogen-bond acceptors (Lipinski definition) is 4. The number of carbonyl (C=O) groups excluding carboxylic acids is 2. The van der Waals surface area contributed by atoms with Crippen LogP contribution in [0.1, 0.15) is 12.0 Å². The van der Waals surface area contributed by atoms with Gasteiger partial charge in [-0.2, -0.15) is 0 Å². The fourth-order valence-electron chi connectivity index (χ4n) is 1.88. The first kappa shape index (κ1) is 17.3. The minimum Gasteiger partial charge on any atom is -0.493 e. The van der Waals surface area contributed by atoms with Crippen molar-refractivity contribution in [3.63, 3.8) is 0 Å². The lowest BCUT2D eigenvalue weighted by atomic mass is 10.3. The molecule has 3 N–H and O–H groups in total. The summed E-state index contributed by atoms with van der Waals surface area (Å²) < 4.78 is 5.45. The fraction of sp³-hybridized carbons (Fsp3) is 0.235. The monoisotopic (exact) mass is 328 g/mol. The van der Waals surface area contributed by atoms with Crippen molar-refractivity contribution >= 4 is 17.6 Å². The van der Waals surface area contributed by atoms with Crippen molar-refractivity contribution in [3.8, 4) is 5.75 Å². The molecule has 0 saturated heterocycles. The summed E-state index contributed by atoms with van der Waals surface area (Å²) in [5.41, 5.74) is 1.57. The number of benzene rings is 1. The van der Waals surface area contributed by atoms with Gasteiger partial charge in [0.15, 0.2) is 0 Å². The van der Waals surface area contributed by atoms with Crippen molar-refractivity contribution in [2.45, 2.75) is 13.0 Å². The molecule has 1 heterocycles. The zero-order valence-electron chi connectivity index (χ0n) is 13.4. The van der Waals surface area contributed by atoms with Gasteiger partial charge < -0.3 is 20.7 Å². The molecule has 1 aromatic carbocycles.